The number of piperidine rings is 1. The van der Waals surface area contributed by atoms with Crippen LogP contribution in [0.3, 0.4) is 0 Å². The van der Waals surface area contributed by atoms with Gasteiger partial charge < -0.3 is 14.5 Å². The molecule has 0 aromatic carbocycles. The van der Waals surface area contributed by atoms with Crippen LogP contribution in [0.4, 0.5) is 4.79 Å². The topological polar surface area (TPSA) is 67.2 Å². The third-order valence-electron chi connectivity index (χ3n) is 4.91. The van der Waals surface area contributed by atoms with E-state index in [2.05, 4.69) is 4.98 Å². The predicted molar refractivity (Wildman–Crippen MR) is 113 cm³/mol. The number of likely N-dealkylation sites (tertiary alicyclic amines) is 1. The van der Waals surface area contributed by atoms with Crippen LogP contribution < -0.4 is 0 Å². The molecule has 0 unspecified atom stereocenters. The third-order valence-corrected chi connectivity index (χ3v) is 5.19. The Kier molecular flexibility index (Phi) is 6.17. The van der Waals surface area contributed by atoms with Crippen molar-refractivity contribution in [3.05, 3.63) is 41.3 Å². The number of ether oxygens (including phenoxy) is 1. The molecule has 29 heavy (non-hydrogen) atoms. The summed E-state index contributed by atoms with van der Waals surface area (Å²) in [5, 5.41) is 0.359. The van der Waals surface area contributed by atoms with E-state index in [0.717, 1.165) is 5.65 Å². The van der Waals surface area contributed by atoms with Crippen LogP contribution in [-0.4, -0.2) is 63.0 Å². The summed E-state index contributed by atoms with van der Waals surface area (Å²) in [6.07, 6.45) is 6.18. The highest BCUT2D eigenvalue weighted by Crippen LogP contribution is 2.21. The highest BCUT2D eigenvalue weighted by atomic mass is 35.5. The minimum atomic E-state index is -0.522. The van der Waals surface area contributed by atoms with Crippen LogP contribution in [0, 0.1) is 0 Å². The Morgan fingerprint density at radius 2 is 1.97 bits per heavy atom. The van der Waals surface area contributed by atoms with Crippen LogP contribution >= 0.6 is 11.6 Å². The second-order valence-electron chi connectivity index (χ2n) is 8.20. The Hall–Kier alpha value is -2.54. The standard InChI is InChI=1S/C21H27ClN4O3/c1-21(2,3)29-20(28)24(4)15-10-13-25(14-11-15)18(27)9-8-16-19(22)23-17-7-5-6-12-26(16)17/h5-9,12,15H,10-11,13-14H2,1-4H3. The summed E-state index contributed by atoms with van der Waals surface area (Å²) in [5.74, 6) is -0.0784. The highest BCUT2D eigenvalue weighted by Gasteiger charge is 2.29. The number of hydrogen-bond acceptors (Lipinski definition) is 4. The van der Waals surface area contributed by atoms with Crippen molar-refractivity contribution in [1.82, 2.24) is 19.2 Å². The van der Waals surface area contributed by atoms with Gasteiger partial charge in [-0.1, -0.05) is 17.7 Å². The number of nitrogens with zero attached hydrogens (tertiary/aromatic N) is 4. The summed E-state index contributed by atoms with van der Waals surface area (Å²) in [5.41, 5.74) is 0.886. The van der Waals surface area contributed by atoms with Crippen LogP contribution in [0.1, 0.15) is 39.3 Å². The molecule has 2 aromatic rings. The molecule has 1 aliphatic heterocycles. The van der Waals surface area contributed by atoms with Gasteiger partial charge in [0, 0.05) is 38.5 Å². The first-order chi connectivity index (χ1) is 13.7. The first-order valence-electron chi connectivity index (χ1n) is 9.71. The Morgan fingerprint density at radius 1 is 1.28 bits per heavy atom. The number of aromatic nitrogens is 2. The van der Waals surface area contributed by atoms with Crippen molar-refractivity contribution < 1.29 is 14.3 Å². The van der Waals surface area contributed by atoms with E-state index >= 15 is 0 Å². The molecule has 0 N–H and O–H groups in total. The Balaban J connectivity index is 1.58. The zero-order valence-electron chi connectivity index (χ0n) is 17.3. The third kappa shape index (κ3) is 5.09. The maximum atomic E-state index is 12.6. The van der Waals surface area contributed by atoms with E-state index in [4.69, 9.17) is 16.3 Å². The van der Waals surface area contributed by atoms with Crippen LogP contribution in [0.2, 0.25) is 5.15 Å². The molecule has 2 amide bonds. The van der Waals surface area contributed by atoms with Gasteiger partial charge in [0.1, 0.15) is 11.2 Å². The van der Waals surface area contributed by atoms with E-state index in [1.54, 1.807) is 22.9 Å². The van der Waals surface area contributed by atoms with Crippen molar-refractivity contribution in [2.24, 2.45) is 0 Å². The minimum absolute atomic E-state index is 0.0612. The van der Waals surface area contributed by atoms with Crippen molar-refractivity contribution in [2.75, 3.05) is 20.1 Å². The van der Waals surface area contributed by atoms with Crippen molar-refractivity contribution in [3.63, 3.8) is 0 Å². The molecule has 8 heteroatoms. The molecule has 7 nitrogen and oxygen atoms in total. The number of imidazole rings is 1. The summed E-state index contributed by atoms with van der Waals surface area (Å²) in [4.78, 5) is 32.5. The van der Waals surface area contributed by atoms with Crippen molar-refractivity contribution in [2.45, 2.75) is 45.3 Å². The Morgan fingerprint density at radius 3 is 2.62 bits per heavy atom. The molecule has 0 bridgehead atoms. The fraction of sp³-hybridized carbons (Fsp3) is 0.476. The van der Waals surface area contributed by atoms with Gasteiger partial charge >= 0.3 is 6.09 Å². The number of hydrogen-bond donors (Lipinski definition) is 0. The molecular formula is C21H27ClN4O3. The van der Waals surface area contributed by atoms with Crippen molar-refractivity contribution in [1.29, 1.82) is 0 Å². The fourth-order valence-electron chi connectivity index (χ4n) is 3.35. The number of rotatable bonds is 3. The normalized spacial score (nSPS) is 15.8. The van der Waals surface area contributed by atoms with Crippen molar-refractivity contribution >= 4 is 35.3 Å². The van der Waals surface area contributed by atoms with Gasteiger partial charge in [-0.25, -0.2) is 9.78 Å². The molecule has 0 atom stereocenters. The molecule has 0 saturated carbocycles. The van der Waals surface area contributed by atoms with E-state index < -0.39 is 5.60 Å². The fourth-order valence-corrected chi connectivity index (χ4v) is 3.59. The van der Waals surface area contributed by atoms with E-state index in [-0.39, 0.29) is 18.0 Å². The maximum absolute atomic E-state index is 12.6. The maximum Gasteiger partial charge on any atom is 0.410 e. The molecule has 3 rings (SSSR count). The molecule has 3 heterocycles. The number of amides is 2. The molecule has 1 fully saturated rings. The lowest BCUT2D eigenvalue weighted by Crippen LogP contribution is -2.48. The van der Waals surface area contributed by atoms with E-state index in [0.29, 0.717) is 36.8 Å². The quantitative estimate of drug-likeness (QED) is 0.710. The van der Waals surface area contributed by atoms with E-state index in [1.165, 1.54) is 6.08 Å². The second kappa shape index (κ2) is 8.45. The highest BCUT2D eigenvalue weighted by molar-refractivity contribution is 6.31. The zero-order valence-corrected chi connectivity index (χ0v) is 18.0. The molecule has 0 radical (unpaired) electrons. The summed E-state index contributed by atoms with van der Waals surface area (Å²) in [6, 6.07) is 5.69. The average Bonchev–Trinajstić information content (AvgIpc) is 2.99. The van der Waals surface area contributed by atoms with Crippen LogP contribution in [0.5, 0.6) is 0 Å². The zero-order chi connectivity index (χ0) is 21.2. The van der Waals surface area contributed by atoms with Gasteiger partial charge in [0.15, 0.2) is 5.15 Å². The number of halogens is 1. The van der Waals surface area contributed by atoms with Crippen LogP contribution in [-0.2, 0) is 9.53 Å². The summed E-state index contributed by atoms with van der Waals surface area (Å²) in [7, 11) is 1.75. The SMILES string of the molecule is CN(C(=O)OC(C)(C)C)C1CCN(C(=O)C=Cc2c(Cl)nc3ccccn23)CC1. The van der Waals surface area contributed by atoms with Gasteiger partial charge in [0.05, 0.1) is 5.69 Å². The number of carbonyl (C=O) groups excluding carboxylic acids is 2. The summed E-state index contributed by atoms with van der Waals surface area (Å²) < 4.78 is 7.27. The molecule has 156 valence electrons. The largest absolute Gasteiger partial charge is 0.444 e. The molecule has 0 aliphatic carbocycles. The lowest BCUT2D eigenvalue weighted by Gasteiger charge is -2.36. The second-order valence-corrected chi connectivity index (χ2v) is 8.56. The minimum Gasteiger partial charge on any atom is -0.444 e. The lowest BCUT2D eigenvalue weighted by atomic mass is 10.0. The van der Waals surface area contributed by atoms with Gasteiger partial charge in [-0.2, -0.15) is 0 Å². The molecular weight excluding hydrogens is 392 g/mol. The van der Waals surface area contributed by atoms with E-state index in [9.17, 15) is 9.59 Å². The molecule has 1 aliphatic rings. The van der Waals surface area contributed by atoms with Gasteiger partial charge in [-0.3, -0.25) is 9.20 Å². The Labute approximate surface area is 175 Å². The van der Waals surface area contributed by atoms with Crippen molar-refractivity contribution in [3.8, 4) is 0 Å². The van der Waals surface area contributed by atoms with Crippen LogP contribution in [0.15, 0.2) is 30.5 Å². The number of pyridine rings is 1. The number of fused-ring (bicyclic) bond motifs is 1. The van der Waals surface area contributed by atoms with Gasteiger partial charge in [0.25, 0.3) is 0 Å². The molecule has 0 spiro atoms. The summed E-state index contributed by atoms with van der Waals surface area (Å²) >= 11 is 6.21. The summed E-state index contributed by atoms with van der Waals surface area (Å²) in [6.45, 7) is 6.72. The first-order valence-corrected chi connectivity index (χ1v) is 10.1. The van der Waals surface area contributed by atoms with Crippen LogP contribution in [0.25, 0.3) is 11.7 Å². The van der Waals surface area contributed by atoms with Gasteiger partial charge in [0.2, 0.25) is 5.91 Å². The number of carbonyl (C=O) groups is 2. The molecule has 1 saturated heterocycles. The van der Waals surface area contributed by atoms with Gasteiger partial charge in [-0.15, -0.1) is 0 Å². The monoisotopic (exact) mass is 418 g/mol. The smallest absolute Gasteiger partial charge is 0.410 e. The van der Waals surface area contributed by atoms with Gasteiger partial charge in [-0.05, 0) is 51.8 Å². The average molecular weight is 419 g/mol. The Bertz CT molecular complexity index is 924. The van der Waals surface area contributed by atoms with E-state index in [1.807, 2.05) is 49.6 Å². The predicted octanol–water partition coefficient (Wildman–Crippen LogP) is 3.86. The first kappa shape index (κ1) is 21.2. The molecule has 2 aromatic heterocycles. The lowest BCUT2D eigenvalue weighted by molar-refractivity contribution is -0.127.